The van der Waals surface area contributed by atoms with Gasteiger partial charge in [0, 0.05) is 32.6 Å². The maximum Gasteiger partial charge on any atom is 0.291 e. The molecule has 0 unspecified atom stereocenters. The summed E-state index contributed by atoms with van der Waals surface area (Å²) >= 11 is 0. The van der Waals surface area contributed by atoms with E-state index in [-0.39, 0.29) is 17.6 Å². The number of rotatable bonds is 3. The van der Waals surface area contributed by atoms with Crippen molar-refractivity contribution >= 4 is 11.8 Å². The highest BCUT2D eigenvalue weighted by Gasteiger charge is 2.29. The number of H-pyrrole nitrogens is 1. The Balaban J connectivity index is 1.32. The highest BCUT2D eigenvalue weighted by atomic mass is 16.2. The highest BCUT2D eigenvalue weighted by molar-refractivity contribution is 5.90. The number of carbonyl (C=O) groups is 2. The smallest absolute Gasteiger partial charge is 0.291 e. The van der Waals surface area contributed by atoms with E-state index in [4.69, 9.17) is 0 Å². The fourth-order valence-corrected chi connectivity index (χ4v) is 3.81. The molecule has 1 saturated heterocycles. The normalized spacial score (nSPS) is 19.8. The van der Waals surface area contributed by atoms with E-state index in [1.807, 2.05) is 4.90 Å². The second-order valence-electron chi connectivity index (χ2n) is 6.65. The summed E-state index contributed by atoms with van der Waals surface area (Å²) in [5, 5.41) is 6.30. The number of fused-ring (bicyclic) bond motifs is 1. The molecule has 7 heteroatoms. The lowest BCUT2D eigenvalue weighted by Gasteiger charge is -2.34. The van der Waals surface area contributed by atoms with Crippen LogP contribution in [0.2, 0.25) is 0 Å². The minimum absolute atomic E-state index is 0.158. The Morgan fingerprint density at radius 1 is 1.12 bits per heavy atom. The van der Waals surface area contributed by atoms with Crippen LogP contribution in [0.1, 0.15) is 40.5 Å². The lowest BCUT2D eigenvalue weighted by Crippen LogP contribution is -2.51. The largest absolute Gasteiger partial charge is 0.339 e. The summed E-state index contributed by atoms with van der Waals surface area (Å²) in [6.45, 7) is 2.22. The minimum atomic E-state index is -0.158. The van der Waals surface area contributed by atoms with Crippen molar-refractivity contribution in [2.45, 2.75) is 25.2 Å². The van der Waals surface area contributed by atoms with E-state index in [1.165, 1.54) is 17.5 Å². The van der Waals surface area contributed by atoms with Gasteiger partial charge < -0.3 is 9.80 Å². The number of aryl methyl sites for hydroxylation is 1. The molecule has 25 heavy (non-hydrogen) atoms. The monoisotopic (exact) mass is 339 g/mol. The van der Waals surface area contributed by atoms with Gasteiger partial charge in [-0.1, -0.05) is 24.3 Å². The number of hydrogen-bond acceptors (Lipinski definition) is 4. The van der Waals surface area contributed by atoms with Crippen molar-refractivity contribution in [1.82, 2.24) is 25.0 Å². The summed E-state index contributed by atoms with van der Waals surface area (Å²) in [5.41, 5.74) is 2.71. The van der Waals surface area contributed by atoms with Gasteiger partial charge in [-0.3, -0.25) is 14.7 Å². The molecule has 1 atom stereocenters. The average molecular weight is 339 g/mol. The van der Waals surface area contributed by atoms with E-state index >= 15 is 0 Å². The van der Waals surface area contributed by atoms with Gasteiger partial charge in [-0.05, 0) is 29.9 Å². The van der Waals surface area contributed by atoms with Crippen molar-refractivity contribution in [3.05, 3.63) is 47.5 Å². The third-order valence-electron chi connectivity index (χ3n) is 5.22. The number of nitrogens with one attached hydrogen (secondary N) is 1. The van der Waals surface area contributed by atoms with Crippen LogP contribution in [0.3, 0.4) is 0 Å². The van der Waals surface area contributed by atoms with Crippen LogP contribution in [-0.4, -0.2) is 63.0 Å². The zero-order chi connectivity index (χ0) is 17.2. The molecule has 2 aromatic rings. The van der Waals surface area contributed by atoms with Crippen LogP contribution in [-0.2, 0) is 11.2 Å². The summed E-state index contributed by atoms with van der Waals surface area (Å²) in [5.74, 6) is 0.614. The van der Waals surface area contributed by atoms with Crippen molar-refractivity contribution in [1.29, 1.82) is 0 Å². The Labute approximate surface area is 146 Å². The Morgan fingerprint density at radius 3 is 2.64 bits per heavy atom. The summed E-state index contributed by atoms with van der Waals surface area (Å²) in [6, 6.07) is 8.42. The van der Waals surface area contributed by atoms with Crippen LogP contribution in [0, 0.1) is 0 Å². The van der Waals surface area contributed by atoms with Crippen molar-refractivity contribution in [2.75, 3.05) is 26.2 Å². The first-order valence-corrected chi connectivity index (χ1v) is 8.72. The van der Waals surface area contributed by atoms with Gasteiger partial charge in [-0.15, -0.1) is 0 Å². The second-order valence-corrected chi connectivity index (χ2v) is 6.65. The number of nitrogens with zero attached hydrogens (tertiary/aromatic N) is 4. The molecule has 0 bridgehead atoms. The van der Waals surface area contributed by atoms with Gasteiger partial charge in [-0.25, -0.2) is 4.98 Å². The van der Waals surface area contributed by atoms with E-state index in [0.29, 0.717) is 38.5 Å². The van der Waals surface area contributed by atoms with Gasteiger partial charge in [0.2, 0.25) is 11.7 Å². The molecule has 2 aliphatic rings. The Bertz CT molecular complexity index is 766. The predicted octanol–water partition coefficient (Wildman–Crippen LogP) is 1.21. The molecule has 0 spiro atoms. The number of aromatic nitrogens is 3. The Kier molecular flexibility index (Phi) is 4.21. The van der Waals surface area contributed by atoms with Gasteiger partial charge >= 0.3 is 0 Å². The summed E-state index contributed by atoms with van der Waals surface area (Å²) in [4.78, 5) is 32.4. The lowest BCUT2D eigenvalue weighted by atomic mass is 9.97. The van der Waals surface area contributed by atoms with Crippen molar-refractivity contribution < 1.29 is 9.59 Å². The lowest BCUT2D eigenvalue weighted by molar-refractivity contribution is -0.133. The van der Waals surface area contributed by atoms with Crippen LogP contribution in [0.5, 0.6) is 0 Å². The molecule has 1 aliphatic heterocycles. The second kappa shape index (κ2) is 6.66. The van der Waals surface area contributed by atoms with Crippen molar-refractivity contribution in [2.24, 2.45) is 0 Å². The van der Waals surface area contributed by atoms with Gasteiger partial charge in [0.1, 0.15) is 6.33 Å². The molecule has 1 N–H and O–H groups in total. The molecule has 4 rings (SSSR count). The van der Waals surface area contributed by atoms with Crippen LogP contribution >= 0.6 is 0 Å². The molecule has 1 aliphatic carbocycles. The first kappa shape index (κ1) is 15.8. The fourth-order valence-electron chi connectivity index (χ4n) is 3.81. The number of aromatic amines is 1. The third-order valence-corrected chi connectivity index (χ3v) is 5.22. The zero-order valence-electron chi connectivity index (χ0n) is 14.0. The first-order chi connectivity index (χ1) is 12.2. The molecule has 0 saturated carbocycles. The zero-order valence-corrected chi connectivity index (χ0v) is 14.0. The van der Waals surface area contributed by atoms with Crippen LogP contribution in [0.15, 0.2) is 30.6 Å². The molecule has 1 fully saturated rings. The molecule has 2 heterocycles. The van der Waals surface area contributed by atoms with Gasteiger partial charge in [0.15, 0.2) is 0 Å². The van der Waals surface area contributed by atoms with E-state index in [1.54, 1.807) is 4.90 Å². The molecule has 1 aromatic carbocycles. The highest BCUT2D eigenvalue weighted by Crippen LogP contribution is 2.35. The number of benzene rings is 1. The Morgan fingerprint density at radius 2 is 1.88 bits per heavy atom. The average Bonchev–Trinajstić information content (AvgIpc) is 3.32. The third kappa shape index (κ3) is 3.14. The summed E-state index contributed by atoms with van der Waals surface area (Å²) < 4.78 is 0. The first-order valence-electron chi connectivity index (χ1n) is 8.72. The van der Waals surface area contributed by atoms with Gasteiger partial charge in [-0.2, -0.15) is 5.10 Å². The summed E-state index contributed by atoms with van der Waals surface area (Å²) in [7, 11) is 0. The molecule has 7 nitrogen and oxygen atoms in total. The number of carbonyl (C=O) groups excluding carboxylic acids is 2. The van der Waals surface area contributed by atoms with E-state index in [9.17, 15) is 9.59 Å². The van der Waals surface area contributed by atoms with Crippen LogP contribution in [0.25, 0.3) is 0 Å². The Hall–Kier alpha value is -2.70. The minimum Gasteiger partial charge on any atom is -0.339 e. The molecular formula is C18H21N5O2. The number of amides is 2. The fraction of sp³-hybridized carbons (Fsp3) is 0.444. The SMILES string of the molecule is O=C(C[C@H]1CCc2ccccc21)N1CCN(C(=O)c2ncn[nH]2)CC1. The molecule has 1 aromatic heterocycles. The van der Waals surface area contributed by atoms with E-state index < -0.39 is 0 Å². The van der Waals surface area contributed by atoms with Gasteiger partial charge in [0.25, 0.3) is 5.91 Å². The molecule has 130 valence electrons. The maximum absolute atomic E-state index is 12.7. The molecule has 0 radical (unpaired) electrons. The van der Waals surface area contributed by atoms with E-state index in [2.05, 4.69) is 39.4 Å². The topological polar surface area (TPSA) is 82.2 Å². The van der Waals surface area contributed by atoms with Crippen molar-refractivity contribution in [3.63, 3.8) is 0 Å². The van der Waals surface area contributed by atoms with Crippen LogP contribution < -0.4 is 0 Å². The standard InChI is InChI=1S/C18H21N5O2/c24-16(11-14-6-5-13-3-1-2-4-15(13)14)22-7-9-23(10-8-22)18(25)17-19-12-20-21-17/h1-4,12,14H,5-11H2,(H,19,20,21)/t14-/m1/s1. The quantitative estimate of drug-likeness (QED) is 0.911. The van der Waals surface area contributed by atoms with Crippen LogP contribution in [0.4, 0.5) is 0 Å². The summed E-state index contributed by atoms with van der Waals surface area (Å²) in [6.07, 6.45) is 4.00. The molecule has 2 amide bonds. The number of hydrogen-bond donors (Lipinski definition) is 1. The van der Waals surface area contributed by atoms with E-state index in [0.717, 1.165) is 12.8 Å². The predicted molar refractivity (Wildman–Crippen MR) is 91.0 cm³/mol. The van der Waals surface area contributed by atoms with Crippen molar-refractivity contribution in [3.8, 4) is 0 Å². The number of piperazine rings is 1. The molecular weight excluding hydrogens is 318 g/mol. The van der Waals surface area contributed by atoms with Gasteiger partial charge in [0.05, 0.1) is 0 Å². The maximum atomic E-state index is 12.7.